The third-order valence-corrected chi connectivity index (χ3v) is 3.14. The van der Waals surface area contributed by atoms with Crippen molar-refractivity contribution in [1.82, 2.24) is 0 Å². The van der Waals surface area contributed by atoms with Gasteiger partial charge in [0.15, 0.2) is 5.78 Å². The van der Waals surface area contributed by atoms with Gasteiger partial charge < -0.3 is 4.74 Å². The summed E-state index contributed by atoms with van der Waals surface area (Å²) in [6.07, 6.45) is 1.09. The van der Waals surface area contributed by atoms with Crippen LogP contribution in [0.15, 0.2) is 73.3 Å². The molecule has 3 heteroatoms. The first-order valence-corrected chi connectivity index (χ1v) is 6.65. The van der Waals surface area contributed by atoms with Gasteiger partial charge in [0.25, 0.3) is 0 Å². The number of hydrogen-bond acceptors (Lipinski definition) is 3. The van der Waals surface area contributed by atoms with Crippen LogP contribution in [0.2, 0.25) is 0 Å². The smallest absolute Gasteiger partial charge is 0.330 e. The molecule has 0 radical (unpaired) electrons. The van der Waals surface area contributed by atoms with Gasteiger partial charge in [-0.2, -0.15) is 0 Å². The maximum Gasteiger partial charge on any atom is 0.330 e. The number of benzene rings is 2. The molecule has 0 fully saturated rings. The normalized spacial score (nSPS) is 11.4. The zero-order valence-corrected chi connectivity index (χ0v) is 11.6. The Hall–Kier alpha value is -2.68. The second-order valence-electron chi connectivity index (χ2n) is 4.53. The minimum atomic E-state index is -0.531. The molecule has 0 spiro atoms. The van der Waals surface area contributed by atoms with Gasteiger partial charge in [-0.05, 0) is 5.56 Å². The lowest BCUT2D eigenvalue weighted by Gasteiger charge is -2.16. The molecule has 2 aromatic rings. The standard InChI is InChI=1S/C18H16O3/c1-2-17(19)21-13-16(14-9-5-3-6-10-14)18(20)15-11-7-4-8-12-15/h2-12,16H,1,13H2. The van der Waals surface area contributed by atoms with E-state index < -0.39 is 11.9 Å². The molecule has 1 unspecified atom stereocenters. The molecule has 2 aromatic carbocycles. The SMILES string of the molecule is C=CC(=O)OCC(C(=O)c1ccccc1)c1ccccc1. The summed E-state index contributed by atoms with van der Waals surface area (Å²) in [6.45, 7) is 3.36. The van der Waals surface area contributed by atoms with E-state index in [2.05, 4.69) is 6.58 Å². The Morgan fingerprint density at radius 3 is 2.14 bits per heavy atom. The topological polar surface area (TPSA) is 43.4 Å². The van der Waals surface area contributed by atoms with Gasteiger partial charge in [-0.25, -0.2) is 4.79 Å². The monoisotopic (exact) mass is 280 g/mol. The lowest BCUT2D eigenvalue weighted by Crippen LogP contribution is -2.20. The first-order chi connectivity index (χ1) is 10.2. The van der Waals surface area contributed by atoms with Gasteiger partial charge in [0.2, 0.25) is 0 Å². The van der Waals surface area contributed by atoms with Crippen LogP contribution >= 0.6 is 0 Å². The van der Waals surface area contributed by atoms with Crippen molar-refractivity contribution in [3.8, 4) is 0 Å². The van der Waals surface area contributed by atoms with Gasteiger partial charge in [-0.15, -0.1) is 0 Å². The highest BCUT2D eigenvalue weighted by molar-refractivity contribution is 6.01. The second kappa shape index (κ2) is 7.20. The van der Waals surface area contributed by atoms with Crippen LogP contribution in [0, 0.1) is 0 Å². The van der Waals surface area contributed by atoms with E-state index in [1.165, 1.54) is 0 Å². The lowest BCUT2D eigenvalue weighted by atomic mass is 9.91. The van der Waals surface area contributed by atoms with Gasteiger partial charge in [0.1, 0.15) is 6.61 Å². The zero-order valence-electron chi connectivity index (χ0n) is 11.6. The van der Waals surface area contributed by atoms with Crippen molar-refractivity contribution < 1.29 is 14.3 Å². The lowest BCUT2D eigenvalue weighted by molar-refractivity contribution is -0.137. The van der Waals surface area contributed by atoms with Crippen molar-refractivity contribution in [3.63, 3.8) is 0 Å². The summed E-state index contributed by atoms with van der Waals surface area (Å²) in [4.78, 5) is 23.9. The molecular formula is C18H16O3. The molecule has 0 bridgehead atoms. The predicted molar refractivity (Wildman–Crippen MR) is 81.1 cm³/mol. The summed E-state index contributed by atoms with van der Waals surface area (Å²) in [6, 6.07) is 18.3. The van der Waals surface area contributed by atoms with Gasteiger partial charge >= 0.3 is 5.97 Å². The van der Waals surface area contributed by atoms with E-state index in [-0.39, 0.29) is 12.4 Å². The number of Topliss-reactive ketones (excluding diaryl/α,β-unsaturated/α-hetero) is 1. The predicted octanol–water partition coefficient (Wildman–Crippen LogP) is 3.38. The average Bonchev–Trinajstić information content (AvgIpc) is 2.56. The average molecular weight is 280 g/mol. The molecule has 0 heterocycles. The van der Waals surface area contributed by atoms with E-state index in [0.29, 0.717) is 5.56 Å². The van der Waals surface area contributed by atoms with Crippen LogP contribution in [0.5, 0.6) is 0 Å². The number of rotatable bonds is 6. The zero-order chi connectivity index (χ0) is 15.1. The molecule has 0 aliphatic rings. The highest BCUT2D eigenvalue weighted by Crippen LogP contribution is 2.21. The number of carbonyl (C=O) groups is 2. The van der Waals surface area contributed by atoms with Crippen LogP contribution in [-0.4, -0.2) is 18.4 Å². The van der Waals surface area contributed by atoms with Crippen molar-refractivity contribution >= 4 is 11.8 Å². The Bertz CT molecular complexity index is 617. The number of ether oxygens (including phenoxy) is 1. The number of carbonyl (C=O) groups excluding carboxylic acids is 2. The minimum absolute atomic E-state index is 0.00257. The van der Waals surface area contributed by atoms with E-state index in [1.54, 1.807) is 12.1 Å². The number of ketones is 1. The van der Waals surface area contributed by atoms with Gasteiger partial charge in [0, 0.05) is 11.6 Å². The Balaban J connectivity index is 2.25. The molecule has 21 heavy (non-hydrogen) atoms. The van der Waals surface area contributed by atoms with Crippen molar-refractivity contribution in [1.29, 1.82) is 0 Å². The van der Waals surface area contributed by atoms with Crippen molar-refractivity contribution in [3.05, 3.63) is 84.4 Å². The van der Waals surface area contributed by atoms with Crippen molar-refractivity contribution in [2.45, 2.75) is 5.92 Å². The number of hydrogen-bond donors (Lipinski definition) is 0. The van der Waals surface area contributed by atoms with Crippen molar-refractivity contribution in [2.75, 3.05) is 6.61 Å². The largest absolute Gasteiger partial charge is 0.461 e. The van der Waals surface area contributed by atoms with Gasteiger partial charge in [-0.1, -0.05) is 67.2 Å². The van der Waals surface area contributed by atoms with Crippen LogP contribution in [-0.2, 0) is 9.53 Å². The first-order valence-electron chi connectivity index (χ1n) is 6.65. The minimum Gasteiger partial charge on any atom is -0.461 e. The Morgan fingerprint density at radius 1 is 1.00 bits per heavy atom. The fraction of sp³-hybridized carbons (Fsp3) is 0.111. The summed E-state index contributed by atoms with van der Waals surface area (Å²) in [5, 5.41) is 0. The van der Waals surface area contributed by atoms with Crippen LogP contribution in [0.25, 0.3) is 0 Å². The fourth-order valence-electron chi connectivity index (χ4n) is 2.04. The number of esters is 1. The molecule has 0 saturated heterocycles. The quantitative estimate of drug-likeness (QED) is 0.463. The van der Waals surface area contributed by atoms with E-state index in [0.717, 1.165) is 11.6 Å². The van der Waals surface area contributed by atoms with Crippen LogP contribution in [0.3, 0.4) is 0 Å². The van der Waals surface area contributed by atoms with Crippen LogP contribution < -0.4 is 0 Å². The van der Waals surface area contributed by atoms with Crippen LogP contribution in [0.4, 0.5) is 0 Å². The summed E-state index contributed by atoms with van der Waals surface area (Å²) >= 11 is 0. The molecule has 106 valence electrons. The Kier molecular flexibility index (Phi) is 5.04. The molecule has 0 aromatic heterocycles. The highest BCUT2D eigenvalue weighted by atomic mass is 16.5. The van der Waals surface area contributed by atoms with Gasteiger partial charge in [0.05, 0.1) is 5.92 Å². The summed E-state index contributed by atoms with van der Waals surface area (Å²) < 4.78 is 5.07. The Labute approximate surface area is 123 Å². The van der Waals surface area contributed by atoms with E-state index in [4.69, 9.17) is 4.74 Å². The molecular weight excluding hydrogens is 264 g/mol. The second-order valence-corrected chi connectivity index (χ2v) is 4.53. The summed E-state index contributed by atoms with van der Waals surface area (Å²) in [5.41, 5.74) is 1.42. The third-order valence-electron chi connectivity index (χ3n) is 3.14. The summed E-state index contributed by atoms with van der Waals surface area (Å²) in [5.74, 6) is -1.12. The maximum absolute atomic E-state index is 12.6. The molecule has 1 atom stereocenters. The van der Waals surface area contributed by atoms with Crippen LogP contribution in [0.1, 0.15) is 21.8 Å². The Morgan fingerprint density at radius 2 is 1.57 bits per heavy atom. The van der Waals surface area contributed by atoms with E-state index >= 15 is 0 Å². The molecule has 0 amide bonds. The molecule has 2 rings (SSSR count). The third kappa shape index (κ3) is 3.89. The van der Waals surface area contributed by atoms with E-state index in [1.807, 2.05) is 48.5 Å². The fourth-order valence-corrected chi connectivity index (χ4v) is 2.04. The van der Waals surface area contributed by atoms with Crippen molar-refractivity contribution in [2.24, 2.45) is 0 Å². The first kappa shape index (κ1) is 14.7. The maximum atomic E-state index is 12.6. The van der Waals surface area contributed by atoms with Gasteiger partial charge in [-0.3, -0.25) is 4.79 Å². The molecule has 3 nitrogen and oxygen atoms in total. The summed E-state index contributed by atoms with van der Waals surface area (Å²) in [7, 11) is 0. The van der Waals surface area contributed by atoms with E-state index in [9.17, 15) is 9.59 Å². The highest BCUT2D eigenvalue weighted by Gasteiger charge is 2.23. The molecule has 0 aliphatic heterocycles. The molecule has 0 saturated carbocycles. The molecule has 0 N–H and O–H groups in total. The molecule has 0 aliphatic carbocycles.